The summed E-state index contributed by atoms with van der Waals surface area (Å²) < 4.78 is 0. The van der Waals surface area contributed by atoms with E-state index < -0.39 is 37.2 Å². The molecule has 0 heterocycles. The van der Waals surface area contributed by atoms with Gasteiger partial charge >= 0.3 is 12.0 Å². The molecule has 8 nitrogen and oxygen atoms in total. The number of unbranched alkanes of at least 4 members (excludes halogenated alkanes) is 2. The summed E-state index contributed by atoms with van der Waals surface area (Å²) in [6, 6.07) is -0.456. The smallest absolute Gasteiger partial charge is 0.314 e. The number of carbonyl (C=O) groups is 2. The number of carbonyl (C=O) groups excluding carboxylic acids is 1. The van der Waals surface area contributed by atoms with Crippen LogP contribution >= 0.6 is 0 Å². The molecule has 20 heavy (non-hydrogen) atoms. The number of aliphatic carboxylic acids is 1. The summed E-state index contributed by atoms with van der Waals surface area (Å²) in [6.07, 6.45) is 2.08. The average Bonchev–Trinajstić information content (AvgIpc) is 2.44. The Morgan fingerprint density at radius 3 is 2.00 bits per heavy atom. The van der Waals surface area contributed by atoms with Crippen molar-refractivity contribution < 1.29 is 30.0 Å². The standard InChI is InChI=1S/C12H24N2O6/c15-7-12(8-16,9-17)6-14-11(20)13-5-3-1-2-4-10(18)19/h15-17H,1-9H2,(H,18,19)(H2,13,14,20). The summed E-state index contributed by atoms with van der Waals surface area (Å²) >= 11 is 0. The van der Waals surface area contributed by atoms with Crippen LogP contribution in [0.1, 0.15) is 25.7 Å². The van der Waals surface area contributed by atoms with Gasteiger partial charge in [-0.2, -0.15) is 0 Å². The number of carboxylic acid groups (broad SMARTS) is 1. The van der Waals surface area contributed by atoms with Gasteiger partial charge in [-0.05, 0) is 12.8 Å². The molecule has 0 rings (SSSR count). The Morgan fingerprint density at radius 2 is 1.50 bits per heavy atom. The van der Waals surface area contributed by atoms with Gasteiger partial charge in [0.25, 0.3) is 0 Å². The zero-order chi connectivity index (χ0) is 15.4. The van der Waals surface area contributed by atoms with Gasteiger partial charge in [-0.15, -0.1) is 0 Å². The Balaban J connectivity index is 3.71. The normalized spacial score (nSPS) is 11.2. The highest BCUT2D eigenvalue weighted by atomic mass is 16.4. The lowest BCUT2D eigenvalue weighted by molar-refractivity contribution is -0.137. The van der Waals surface area contributed by atoms with Crippen molar-refractivity contribution in [2.45, 2.75) is 25.7 Å². The van der Waals surface area contributed by atoms with Crippen LogP contribution in [0.5, 0.6) is 0 Å². The van der Waals surface area contributed by atoms with Crippen molar-refractivity contribution in [2.75, 3.05) is 32.9 Å². The van der Waals surface area contributed by atoms with Crippen molar-refractivity contribution in [1.29, 1.82) is 0 Å². The summed E-state index contributed by atoms with van der Waals surface area (Å²) in [5.74, 6) is -0.830. The first-order valence-corrected chi connectivity index (χ1v) is 6.56. The van der Waals surface area contributed by atoms with E-state index in [1.54, 1.807) is 0 Å². The highest BCUT2D eigenvalue weighted by Gasteiger charge is 2.28. The van der Waals surface area contributed by atoms with Crippen molar-refractivity contribution in [3.8, 4) is 0 Å². The molecule has 0 aliphatic heterocycles. The number of urea groups is 1. The summed E-state index contributed by atoms with van der Waals surface area (Å²) in [7, 11) is 0. The average molecular weight is 292 g/mol. The zero-order valence-electron chi connectivity index (χ0n) is 11.5. The van der Waals surface area contributed by atoms with Gasteiger partial charge in [0, 0.05) is 19.5 Å². The molecule has 0 spiro atoms. The molecule has 0 aromatic heterocycles. The molecule has 0 radical (unpaired) electrons. The lowest BCUT2D eigenvalue weighted by Crippen LogP contribution is -2.48. The van der Waals surface area contributed by atoms with Gasteiger partial charge < -0.3 is 31.1 Å². The van der Waals surface area contributed by atoms with Crippen molar-refractivity contribution >= 4 is 12.0 Å². The van der Waals surface area contributed by atoms with E-state index in [9.17, 15) is 9.59 Å². The van der Waals surface area contributed by atoms with Crippen LogP contribution in [0.15, 0.2) is 0 Å². The summed E-state index contributed by atoms with van der Waals surface area (Å²) in [4.78, 5) is 21.7. The third-order valence-electron chi connectivity index (χ3n) is 2.98. The fourth-order valence-electron chi connectivity index (χ4n) is 1.43. The molecule has 0 saturated heterocycles. The Bertz CT molecular complexity index is 285. The third kappa shape index (κ3) is 7.93. The molecule has 8 heteroatoms. The number of amides is 2. The van der Waals surface area contributed by atoms with E-state index in [-0.39, 0.29) is 13.0 Å². The number of rotatable bonds is 11. The van der Waals surface area contributed by atoms with E-state index in [1.165, 1.54) is 0 Å². The van der Waals surface area contributed by atoms with Crippen LogP contribution in [0.2, 0.25) is 0 Å². The second-order valence-electron chi connectivity index (χ2n) is 4.79. The molecular formula is C12H24N2O6. The van der Waals surface area contributed by atoms with E-state index in [4.69, 9.17) is 20.4 Å². The van der Waals surface area contributed by atoms with E-state index in [2.05, 4.69) is 10.6 Å². The topological polar surface area (TPSA) is 139 Å². The predicted molar refractivity (Wildman–Crippen MR) is 71.2 cm³/mol. The second-order valence-corrected chi connectivity index (χ2v) is 4.79. The molecule has 2 amide bonds. The molecule has 0 bridgehead atoms. The molecule has 0 aliphatic rings. The molecule has 0 aromatic carbocycles. The van der Waals surface area contributed by atoms with Crippen LogP contribution < -0.4 is 10.6 Å². The van der Waals surface area contributed by atoms with Crippen molar-refractivity contribution in [2.24, 2.45) is 5.41 Å². The predicted octanol–water partition coefficient (Wildman–Crippen LogP) is -1.11. The quantitative estimate of drug-likeness (QED) is 0.267. The lowest BCUT2D eigenvalue weighted by atomic mass is 9.91. The van der Waals surface area contributed by atoms with E-state index >= 15 is 0 Å². The lowest BCUT2D eigenvalue weighted by Gasteiger charge is -2.27. The fourth-order valence-corrected chi connectivity index (χ4v) is 1.43. The first-order valence-electron chi connectivity index (χ1n) is 6.56. The Morgan fingerprint density at radius 1 is 0.900 bits per heavy atom. The molecule has 0 atom stereocenters. The van der Waals surface area contributed by atoms with Crippen molar-refractivity contribution in [3.63, 3.8) is 0 Å². The van der Waals surface area contributed by atoms with E-state index in [0.29, 0.717) is 25.8 Å². The Kier molecular flexibility index (Phi) is 9.69. The van der Waals surface area contributed by atoms with Crippen LogP contribution in [0, 0.1) is 5.41 Å². The van der Waals surface area contributed by atoms with E-state index in [1.807, 2.05) is 0 Å². The van der Waals surface area contributed by atoms with Crippen molar-refractivity contribution in [3.05, 3.63) is 0 Å². The van der Waals surface area contributed by atoms with Crippen LogP contribution in [-0.4, -0.2) is 65.3 Å². The molecule has 0 aromatic rings. The number of aliphatic hydroxyl groups is 3. The maximum Gasteiger partial charge on any atom is 0.314 e. The first-order chi connectivity index (χ1) is 9.49. The van der Waals surface area contributed by atoms with Gasteiger partial charge in [0.1, 0.15) is 0 Å². The maximum atomic E-state index is 11.4. The number of carboxylic acids is 1. The Labute approximate surface area is 117 Å². The Hall–Kier alpha value is -1.38. The number of hydrogen-bond acceptors (Lipinski definition) is 5. The van der Waals surface area contributed by atoms with Gasteiger partial charge in [0.15, 0.2) is 0 Å². The van der Waals surface area contributed by atoms with Crippen LogP contribution in [-0.2, 0) is 4.79 Å². The van der Waals surface area contributed by atoms with Crippen molar-refractivity contribution in [1.82, 2.24) is 10.6 Å². The van der Waals surface area contributed by atoms with Gasteiger partial charge in [-0.25, -0.2) is 4.79 Å². The number of hydrogen-bond donors (Lipinski definition) is 6. The van der Waals surface area contributed by atoms with Crippen LogP contribution in [0.25, 0.3) is 0 Å². The summed E-state index contributed by atoms with van der Waals surface area (Å²) in [5.41, 5.74) is -1.13. The molecular weight excluding hydrogens is 268 g/mol. The van der Waals surface area contributed by atoms with Crippen LogP contribution in [0.4, 0.5) is 4.79 Å². The fraction of sp³-hybridized carbons (Fsp3) is 0.833. The second kappa shape index (κ2) is 10.4. The molecule has 0 saturated carbocycles. The summed E-state index contributed by atoms with van der Waals surface area (Å²) in [6.45, 7) is -0.933. The highest BCUT2D eigenvalue weighted by molar-refractivity contribution is 5.73. The number of aliphatic hydroxyl groups excluding tert-OH is 3. The van der Waals surface area contributed by atoms with E-state index in [0.717, 1.165) is 0 Å². The number of nitrogens with one attached hydrogen (secondary N) is 2. The molecule has 0 aliphatic carbocycles. The molecule has 0 unspecified atom stereocenters. The minimum Gasteiger partial charge on any atom is -0.481 e. The molecule has 6 N–H and O–H groups in total. The first kappa shape index (κ1) is 18.6. The molecule has 0 fully saturated rings. The highest BCUT2D eigenvalue weighted by Crippen LogP contribution is 2.12. The minimum absolute atomic E-state index is 0.0403. The van der Waals surface area contributed by atoms with Gasteiger partial charge in [-0.3, -0.25) is 4.79 Å². The minimum atomic E-state index is -1.13. The van der Waals surface area contributed by atoms with Gasteiger partial charge in [0.2, 0.25) is 0 Å². The summed E-state index contributed by atoms with van der Waals surface area (Å²) in [5, 5.41) is 40.7. The maximum absolute atomic E-state index is 11.4. The largest absolute Gasteiger partial charge is 0.481 e. The monoisotopic (exact) mass is 292 g/mol. The van der Waals surface area contributed by atoms with Gasteiger partial charge in [0.05, 0.1) is 25.2 Å². The van der Waals surface area contributed by atoms with Crippen LogP contribution in [0.3, 0.4) is 0 Å². The third-order valence-corrected chi connectivity index (χ3v) is 2.98. The van der Waals surface area contributed by atoms with Gasteiger partial charge in [-0.1, -0.05) is 6.42 Å². The zero-order valence-corrected chi connectivity index (χ0v) is 11.5. The SMILES string of the molecule is O=C(O)CCCCCNC(=O)NCC(CO)(CO)CO. The molecule has 118 valence electrons.